The van der Waals surface area contributed by atoms with Crippen molar-refractivity contribution in [1.82, 2.24) is 25.1 Å². The molecule has 0 radical (unpaired) electrons. The molecular formula is C19H21N5. The number of nitrogens with zero attached hydrogens (tertiary/aromatic N) is 4. The van der Waals surface area contributed by atoms with Gasteiger partial charge in [0.1, 0.15) is 11.6 Å². The molecule has 0 saturated carbocycles. The van der Waals surface area contributed by atoms with Gasteiger partial charge in [-0.25, -0.2) is 9.67 Å². The number of aromatic nitrogens is 4. The van der Waals surface area contributed by atoms with Crippen LogP contribution in [0, 0.1) is 6.92 Å². The highest BCUT2D eigenvalue weighted by Gasteiger charge is 2.27. The van der Waals surface area contributed by atoms with E-state index in [1.54, 1.807) is 0 Å². The summed E-state index contributed by atoms with van der Waals surface area (Å²) in [6.07, 6.45) is 4.02. The second kappa shape index (κ2) is 6.53. The first-order valence-corrected chi connectivity index (χ1v) is 8.44. The number of pyridine rings is 1. The Balaban J connectivity index is 1.68. The summed E-state index contributed by atoms with van der Waals surface area (Å²) < 4.78 is 2.04. The summed E-state index contributed by atoms with van der Waals surface area (Å²) >= 11 is 0. The van der Waals surface area contributed by atoms with E-state index in [-0.39, 0.29) is 12.1 Å². The number of hydrogen-bond donors (Lipinski definition) is 1. The first kappa shape index (κ1) is 15.0. The SMILES string of the molecule is Cc1nc2n(n1)CCC[C@H]2N[C@H](c1ccccc1)c1ccccn1. The zero-order valence-corrected chi connectivity index (χ0v) is 13.8. The number of aryl methyl sites for hydroxylation is 2. The molecule has 3 aromatic rings. The molecule has 2 atom stereocenters. The lowest BCUT2D eigenvalue weighted by atomic mass is 9.99. The van der Waals surface area contributed by atoms with Crippen molar-refractivity contribution in [3.05, 3.63) is 77.6 Å². The van der Waals surface area contributed by atoms with Crippen molar-refractivity contribution in [1.29, 1.82) is 0 Å². The molecule has 0 fully saturated rings. The van der Waals surface area contributed by atoms with E-state index in [1.165, 1.54) is 5.56 Å². The molecule has 0 saturated heterocycles. The highest BCUT2D eigenvalue weighted by molar-refractivity contribution is 5.28. The maximum absolute atomic E-state index is 4.64. The molecule has 5 heteroatoms. The number of benzene rings is 1. The van der Waals surface area contributed by atoms with E-state index in [4.69, 9.17) is 0 Å². The number of nitrogens with one attached hydrogen (secondary N) is 1. The Morgan fingerprint density at radius 2 is 1.96 bits per heavy atom. The van der Waals surface area contributed by atoms with Crippen molar-refractivity contribution in [2.45, 2.75) is 38.4 Å². The number of hydrogen-bond acceptors (Lipinski definition) is 4. The molecule has 1 aliphatic heterocycles. The summed E-state index contributed by atoms with van der Waals surface area (Å²) in [7, 11) is 0. The second-order valence-corrected chi connectivity index (χ2v) is 6.20. The van der Waals surface area contributed by atoms with Crippen LogP contribution in [0.15, 0.2) is 54.7 Å². The summed E-state index contributed by atoms with van der Waals surface area (Å²) in [5.74, 6) is 1.88. The van der Waals surface area contributed by atoms with Crippen LogP contribution in [0.25, 0.3) is 0 Å². The Bertz CT molecular complexity index is 758. The van der Waals surface area contributed by atoms with E-state index < -0.39 is 0 Å². The molecule has 0 aliphatic carbocycles. The van der Waals surface area contributed by atoms with Gasteiger partial charge in [0.15, 0.2) is 0 Å². The maximum atomic E-state index is 4.64. The monoisotopic (exact) mass is 319 g/mol. The van der Waals surface area contributed by atoms with Crippen molar-refractivity contribution in [2.75, 3.05) is 0 Å². The van der Waals surface area contributed by atoms with Gasteiger partial charge in [0.2, 0.25) is 0 Å². The first-order valence-electron chi connectivity index (χ1n) is 8.44. The first-order chi connectivity index (χ1) is 11.8. The second-order valence-electron chi connectivity index (χ2n) is 6.20. The minimum Gasteiger partial charge on any atom is -0.295 e. The molecule has 1 N–H and O–H groups in total. The van der Waals surface area contributed by atoms with Crippen molar-refractivity contribution >= 4 is 0 Å². The Morgan fingerprint density at radius 3 is 2.75 bits per heavy atom. The van der Waals surface area contributed by atoms with Gasteiger partial charge >= 0.3 is 0 Å². The fourth-order valence-corrected chi connectivity index (χ4v) is 3.37. The molecule has 122 valence electrons. The van der Waals surface area contributed by atoms with Gasteiger partial charge in [-0.1, -0.05) is 36.4 Å². The van der Waals surface area contributed by atoms with Gasteiger partial charge in [0, 0.05) is 12.7 Å². The Kier molecular flexibility index (Phi) is 4.09. The van der Waals surface area contributed by atoms with Gasteiger partial charge in [0.25, 0.3) is 0 Å². The molecule has 4 rings (SSSR count). The van der Waals surface area contributed by atoms with E-state index in [0.717, 1.165) is 36.7 Å². The van der Waals surface area contributed by atoms with Gasteiger partial charge in [-0.2, -0.15) is 5.10 Å². The molecule has 0 amide bonds. The van der Waals surface area contributed by atoms with Crippen LogP contribution in [0.4, 0.5) is 0 Å². The lowest BCUT2D eigenvalue weighted by molar-refractivity contribution is 0.349. The normalized spacial score (nSPS) is 18.1. The van der Waals surface area contributed by atoms with Gasteiger partial charge < -0.3 is 0 Å². The summed E-state index contributed by atoms with van der Waals surface area (Å²) in [6, 6.07) is 16.8. The van der Waals surface area contributed by atoms with Crippen LogP contribution in [0.3, 0.4) is 0 Å². The van der Waals surface area contributed by atoms with E-state index >= 15 is 0 Å². The van der Waals surface area contributed by atoms with Crippen molar-refractivity contribution in [2.24, 2.45) is 0 Å². The molecular weight excluding hydrogens is 298 g/mol. The fraction of sp³-hybridized carbons (Fsp3) is 0.316. The van der Waals surface area contributed by atoms with E-state index in [1.807, 2.05) is 36.0 Å². The summed E-state index contributed by atoms with van der Waals surface area (Å²) in [6.45, 7) is 2.91. The molecule has 0 spiro atoms. The van der Waals surface area contributed by atoms with Crippen LogP contribution in [0.2, 0.25) is 0 Å². The minimum absolute atomic E-state index is 0.0426. The highest BCUT2D eigenvalue weighted by Crippen LogP contribution is 2.29. The van der Waals surface area contributed by atoms with E-state index in [9.17, 15) is 0 Å². The molecule has 0 bridgehead atoms. The Labute approximate surface area is 141 Å². The molecule has 5 nitrogen and oxygen atoms in total. The molecule has 1 aromatic carbocycles. The van der Waals surface area contributed by atoms with Crippen LogP contribution in [-0.4, -0.2) is 19.7 Å². The van der Waals surface area contributed by atoms with Crippen LogP contribution < -0.4 is 5.32 Å². The van der Waals surface area contributed by atoms with Crippen LogP contribution in [-0.2, 0) is 6.54 Å². The highest BCUT2D eigenvalue weighted by atomic mass is 15.4. The lowest BCUT2D eigenvalue weighted by Crippen LogP contribution is -2.32. The van der Waals surface area contributed by atoms with E-state index in [2.05, 4.69) is 50.7 Å². The van der Waals surface area contributed by atoms with Gasteiger partial charge in [0.05, 0.1) is 17.8 Å². The van der Waals surface area contributed by atoms with Gasteiger partial charge in [-0.05, 0) is 37.5 Å². The average molecular weight is 319 g/mol. The molecule has 0 unspecified atom stereocenters. The zero-order chi connectivity index (χ0) is 16.4. The lowest BCUT2D eigenvalue weighted by Gasteiger charge is -2.28. The predicted molar refractivity (Wildman–Crippen MR) is 92.4 cm³/mol. The minimum atomic E-state index is 0.0426. The van der Waals surface area contributed by atoms with E-state index in [0.29, 0.717) is 0 Å². The van der Waals surface area contributed by atoms with Crippen molar-refractivity contribution in [3.63, 3.8) is 0 Å². The quantitative estimate of drug-likeness (QED) is 0.802. The number of fused-ring (bicyclic) bond motifs is 1. The Morgan fingerprint density at radius 1 is 1.12 bits per heavy atom. The third-order valence-corrected chi connectivity index (χ3v) is 4.46. The molecule has 1 aliphatic rings. The van der Waals surface area contributed by atoms with Gasteiger partial charge in [-0.15, -0.1) is 0 Å². The summed E-state index contributed by atoms with van der Waals surface area (Å²) in [5, 5.41) is 8.28. The van der Waals surface area contributed by atoms with Crippen LogP contribution in [0.1, 0.15) is 47.8 Å². The van der Waals surface area contributed by atoms with Crippen molar-refractivity contribution in [3.8, 4) is 0 Å². The zero-order valence-electron chi connectivity index (χ0n) is 13.8. The standard InChI is InChI=1S/C19H21N5/c1-14-21-19-17(11-7-13-24(19)23-14)22-18(15-8-3-2-4-9-15)16-10-5-6-12-20-16/h2-6,8-10,12,17-18,22H,7,11,13H2,1H3/t17-,18-/m1/s1. The third-order valence-electron chi connectivity index (χ3n) is 4.46. The maximum Gasteiger partial charge on any atom is 0.147 e. The largest absolute Gasteiger partial charge is 0.295 e. The molecule has 3 heterocycles. The summed E-state index contributed by atoms with van der Waals surface area (Å²) in [4.78, 5) is 9.22. The predicted octanol–water partition coefficient (Wildman–Crippen LogP) is 3.20. The fourth-order valence-electron chi connectivity index (χ4n) is 3.37. The number of rotatable bonds is 4. The third kappa shape index (κ3) is 2.95. The smallest absolute Gasteiger partial charge is 0.147 e. The van der Waals surface area contributed by atoms with Crippen LogP contribution in [0.5, 0.6) is 0 Å². The molecule has 2 aromatic heterocycles. The van der Waals surface area contributed by atoms with Gasteiger partial charge in [-0.3, -0.25) is 10.3 Å². The summed E-state index contributed by atoms with van der Waals surface area (Å²) in [5.41, 5.74) is 2.24. The topological polar surface area (TPSA) is 55.6 Å². The van der Waals surface area contributed by atoms with Crippen molar-refractivity contribution < 1.29 is 0 Å². The Hall–Kier alpha value is -2.53. The van der Waals surface area contributed by atoms with Crippen LogP contribution >= 0.6 is 0 Å². The molecule has 24 heavy (non-hydrogen) atoms. The average Bonchev–Trinajstić information content (AvgIpc) is 3.02.